The van der Waals surface area contributed by atoms with E-state index in [9.17, 15) is 9.59 Å². The first-order valence-corrected chi connectivity index (χ1v) is 9.19. The fourth-order valence-electron chi connectivity index (χ4n) is 3.21. The Bertz CT molecular complexity index is 862. The number of methoxy groups -OCH3 is 1. The van der Waals surface area contributed by atoms with Gasteiger partial charge in [-0.05, 0) is 54.8 Å². The fraction of sp³-hybridized carbons (Fsp3) is 0.286. The normalized spacial score (nSPS) is 14.1. The van der Waals surface area contributed by atoms with Crippen LogP contribution in [0.3, 0.4) is 0 Å². The summed E-state index contributed by atoms with van der Waals surface area (Å²) in [7, 11) is 1.38. The first-order valence-electron chi connectivity index (χ1n) is 9.19. The summed E-state index contributed by atoms with van der Waals surface area (Å²) >= 11 is 0. The molecule has 1 aliphatic heterocycles. The molecule has 0 aliphatic carbocycles. The van der Waals surface area contributed by atoms with Gasteiger partial charge in [-0.15, -0.1) is 0 Å². The molecule has 7 nitrogen and oxygen atoms in total. The number of nitrogens with one attached hydrogen (secondary N) is 1. The lowest BCUT2D eigenvalue weighted by molar-refractivity contribution is -0.140. The van der Waals surface area contributed by atoms with Crippen LogP contribution in [0.2, 0.25) is 0 Å². The predicted octanol–water partition coefficient (Wildman–Crippen LogP) is 2.91. The molecule has 0 spiro atoms. The maximum atomic E-state index is 13.0. The lowest BCUT2D eigenvalue weighted by atomic mass is 10.1. The Kier molecular flexibility index (Phi) is 5.93. The summed E-state index contributed by atoms with van der Waals surface area (Å²) < 4.78 is 4.66. The third-order valence-corrected chi connectivity index (χ3v) is 4.81. The Balaban J connectivity index is 1.71. The summed E-state index contributed by atoms with van der Waals surface area (Å²) in [4.78, 5) is 27.8. The number of rotatable bonds is 6. The van der Waals surface area contributed by atoms with Crippen LogP contribution in [0.1, 0.15) is 24.0 Å². The number of anilines is 2. The van der Waals surface area contributed by atoms with Gasteiger partial charge in [0.15, 0.2) is 0 Å². The van der Waals surface area contributed by atoms with Gasteiger partial charge in [0.1, 0.15) is 5.84 Å². The van der Waals surface area contributed by atoms with Gasteiger partial charge in [0.25, 0.3) is 0 Å². The monoisotopic (exact) mass is 380 g/mol. The Morgan fingerprint density at radius 1 is 1.04 bits per heavy atom. The standard InChI is InChI=1S/C21H24N4O3/c1-28-19(26)12-5-15-3-8-17(9-4-15)24-13-2-14-25(21(24)27)18-10-6-16(7-11-18)20(22)23/h3-4,6-11H,2,5,12-14H2,1H3,(H3,22,23). The van der Waals surface area contributed by atoms with E-state index in [0.29, 0.717) is 31.5 Å². The summed E-state index contributed by atoms with van der Waals surface area (Å²) in [5.41, 5.74) is 8.77. The molecule has 2 amide bonds. The molecule has 3 rings (SSSR count). The van der Waals surface area contributed by atoms with Gasteiger partial charge >= 0.3 is 12.0 Å². The van der Waals surface area contributed by atoms with Crippen molar-refractivity contribution in [2.75, 3.05) is 30.0 Å². The van der Waals surface area contributed by atoms with Crippen LogP contribution < -0.4 is 15.5 Å². The van der Waals surface area contributed by atoms with Crippen molar-refractivity contribution in [1.82, 2.24) is 0 Å². The van der Waals surface area contributed by atoms with Crippen molar-refractivity contribution in [3.63, 3.8) is 0 Å². The average Bonchev–Trinajstić information content (AvgIpc) is 2.72. The third-order valence-electron chi connectivity index (χ3n) is 4.81. The van der Waals surface area contributed by atoms with E-state index in [2.05, 4.69) is 4.74 Å². The first kappa shape index (κ1) is 19.4. The van der Waals surface area contributed by atoms with E-state index >= 15 is 0 Å². The van der Waals surface area contributed by atoms with Gasteiger partial charge < -0.3 is 10.5 Å². The number of amidine groups is 1. The maximum Gasteiger partial charge on any atom is 0.328 e. The van der Waals surface area contributed by atoms with Gasteiger partial charge in [-0.1, -0.05) is 12.1 Å². The van der Waals surface area contributed by atoms with Crippen LogP contribution in [0.5, 0.6) is 0 Å². The van der Waals surface area contributed by atoms with Crippen molar-refractivity contribution in [2.45, 2.75) is 19.3 Å². The molecule has 2 aromatic carbocycles. The van der Waals surface area contributed by atoms with Crippen molar-refractivity contribution in [3.8, 4) is 0 Å². The zero-order valence-corrected chi connectivity index (χ0v) is 15.9. The van der Waals surface area contributed by atoms with Crippen LogP contribution in [0.4, 0.5) is 16.2 Å². The van der Waals surface area contributed by atoms with Gasteiger partial charge in [-0.25, -0.2) is 4.79 Å². The van der Waals surface area contributed by atoms with Crippen molar-refractivity contribution in [1.29, 1.82) is 5.41 Å². The number of aryl methyl sites for hydroxylation is 1. The van der Waals surface area contributed by atoms with Gasteiger partial charge in [-0.2, -0.15) is 0 Å². The van der Waals surface area contributed by atoms with Gasteiger partial charge in [0.05, 0.1) is 7.11 Å². The average molecular weight is 380 g/mol. The van der Waals surface area contributed by atoms with Gasteiger partial charge in [-0.3, -0.25) is 20.0 Å². The summed E-state index contributed by atoms with van der Waals surface area (Å²) in [6, 6.07) is 14.7. The smallest absolute Gasteiger partial charge is 0.328 e. The largest absolute Gasteiger partial charge is 0.469 e. The number of carbonyl (C=O) groups excluding carboxylic acids is 2. The Labute approximate surface area is 164 Å². The molecule has 0 radical (unpaired) electrons. The minimum absolute atomic E-state index is 0.00503. The summed E-state index contributed by atoms with van der Waals surface area (Å²) in [6.45, 7) is 1.30. The number of carbonyl (C=O) groups is 2. The van der Waals surface area contributed by atoms with Crippen LogP contribution >= 0.6 is 0 Å². The number of urea groups is 1. The molecule has 1 heterocycles. The van der Waals surface area contributed by atoms with Crippen molar-refractivity contribution in [3.05, 3.63) is 59.7 Å². The molecule has 1 saturated heterocycles. The molecule has 0 bridgehead atoms. The Morgan fingerprint density at radius 3 is 2.07 bits per heavy atom. The maximum absolute atomic E-state index is 13.0. The quantitative estimate of drug-likeness (QED) is 0.457. The molecule has 0 atom stereocenters. The molecule has 1 aliphatic rings. The van der Waals surface area contributed by atoms with E-state index in [1.165, 1.54) is 7.11 Å². The van der Waals surface area contributed by atoms with E-state index in [0.717, 1.165) is 23.4 Å². The summed E-state index contributed by atoms with van der Waals surface area (Å²) in [6.07, 6.45) is 1.79. The first-order chi connectivity index (χ1) is 13.5. The van der Waals surface area contributed by atoms with Crippen LogP contribution in [0.15, 0.2) is 48.5 Å². The summed E-state index contributed by atoms with van der Waals surface area (Å²) in [5.74, 6) is -0.229. The number of hydrogen-bond donors (Lipinski definition) is 2. The molecule has 7 heteroatoms. The van der Waals surface area contributed by atoms with Crippen molar-refractivity contribution < 1.29 is 14.3 Å². The Hall–Kier alpha value is -3.35. The number of nitrogens with two attached hydrogens (primary N) is 1. The molecule has 3 N–H and O–H groups in total. The van der Waals surface area contributed by atoms with Gasteiger partial charge in [0, 0.05) is 36.4 Å². The molecule has 0 aromatic heterocycles. The second-order valence-corrected chi connectivity index (χ2v) is 6.64. The van der Waals surface area contributed by atoms with E-state index in [1.54, 1.807) is 21.9 Å². The minimum atomic E-state index is -0.235. The van der Waals surface area contributed by atoms with Crippen LogP contribution in [0, 0.1) is 5.41 Å². The number of hydrogen-bond acceptors (Lipinski definition) is 4. The lowest BCUT2D eigenvalue weighted by Crippen LogP contribution is -2.49. The molecule has 0 saturated carbocycles. The number of ether oxygens (including phenoxy) is 1. The predicted molar refractivity (Wildman–Crippen MR) is 109 cm³/mol. The van der Waals surface area contributed by atoms with Gasteiger partial charge in [0.2, 0.25) is 0 Å². The molecule has 28 heavy (non-hydrogen) atoms. The zero-order chi connectivity index (χ0) is 20.1. The van der Waals surface area contributed by atoms with Crippen LogP contribution in [0.25, 0.3) is 0 Å². The molecular formula is C21H24N4O3. The number of benzene rings is 2. The van der Waals surface area contributed by atoms with Crippen molar-refractivity contribution >= 4 is 29.2 Å². The lowest BCUT2D eigenvalue weighted by Gasteiger charge is -2.35. The molecule has 0 unspecified atom stereocenters. The molecule has 2 aromatic rings. The van der Waals surface area contributed by atoms with E-state index in [-0.39, 0.29) is 17.8 Å². The molecule has 146 valence electrons. The second kappa shape index (κ2) is 8.56. The topological polar surface area (TPSA) is 99.7 Å². The molecule has 1 fully saturated rings. The fourth-order valence-corrected chi connectivity index (χ4v) is 3.21. The third kappa shape index (κ3) is 4.31. The highest BCUT2D eigenvalue weighted by atomic mass is 16.5. The van der Waals surface area contributed by atoms with E-state index in [1.807, 2.05) is 36.4 Å². The van der Waals surface area contributed by atoms with Crippen LogP contribution in [-0.4, -0.2) is 38.0 Å². The SMILES string of the molecule is COC(=O)CCc1ccc(N2CCCN(c3ccc(C(=N)N)cc3)C2=O)cc1. The second-order valence-electron chi connectivity index (χ2n) is 6.64. The number of amides is 2. The van der Waals surface area contributed by atoms with E-state index in [4.69, 9.17) is 11.1 Å². The zero-order valence-electron chi connectivity index (χ0n) is 15.9. The number of nitrogens with zero attached hydrogens (tertiary/aromatic N) is 2. The highest BCUT2D eigenvalue weighted by Gasteiger charge is 2.27. The minimum Gasteiger partial charge on any atom is -0.469 e. The van der Waals surface area contributed by atoms with E-state index < -0.39 is 0 Å². The highest BCUT2D eigenvalue weighted by Crippen LogP contribution is 2.25. The number of nitrogen functional groups attached to an aromatic ring is 1. The van der Waals surface area contributed by atoms with Crippen LogP contribution in [-0.2, 0) is 16.0 Å². The van der Waals surface area contributed by atoms with Crippen molar-refractivity contribution in [2.24, 2.45) is 5.73 Å². The summed E-state index contributed by atoms with van der Waals surface area (Å²) in [5, 5.41) is 7.48. The molecular weight excluding hydrogens is 356 g/mol. The number of esters is 1. The Morgan fingerprint density at radius 2 is 1.57 bits per heavy atom. The highest BCUT2D eigenvalue weighted by molar-refractivity contribution is 6.04.